The van der Waals surface area contributed by atoms with E-state index in [1.165, 1.54) is 87.7 Å². The number of benzene rings is 7. The molecule has 9 aromatic rings. The normalized spacial score (nSPS) is 12.6. The number of rotatable bonds is 11. The molecule has 0 saturated heterocycles. The molecule has 7 aromatic carbocycles. The van der Waals surface area contributed by atoms with Crippen LogP contribution in [0.25, 0.3) is 77.7 Å². The van der Waals surface area contributed by atoms with Crippen LogP contribution in [0.4, 0.5) is 0 Å². The van der Waals surface area contributed by atoms with Crippen LogP contribution in [-0.4, -0.2) is 4.98 Å². The van der Waals surface area contributed by atoms with Crippen LogP contribution in [0.15, 0.2) is 174 Å². The van der Waals surface area contributed by atoms with E-state index in [1.807, 2.05) is 6.20 Å². The van der Waals surface area contributed by atoms with Crippen LogP contribution in [0, 0.1) is 6.07 Å². The third kappa shape index (κ3) is 7.62. The Labute approximate surface area is 361 Å². The van der Waals surface area contributed by atoms with Gasteiger partial charge in [-0.05, 0) is 117 Å². The Morgan fingerprint density at radius 3 is 1.80 bits per heavy atom. The maximum absolute atomic E-state index is 6.35. The van der Waals surface area contributed by atoms with Crippen LogP contribution in [0.3, 0.4) is 0 Å². The smallest absolute Gasteiger partial charge is 0.135 e. The first-order valence-electron chi connectivity index (χ1n) is 20.8. The zero-order valence-electron chi connectivity index (χ0n) is 33.6. The molecule has 0 aliphatic heterocycles. The van der Waals surface area contributed by atoms with Gasteiger partial charge >= 0.3 is 0 Å². The topological polar surface area (TPSA) is 26.0 Å². The molecule has 59 heavy (non-hydrogen) atoms. The molecule has 1 aliphatic carbocycles. The Morgan fingerprint density at radius 1 is 0.492 bits per heavy atom. The van der Waals surface area contributed by atoms with Crippen molar-refractivity contribution < 1.29 is 24.5 Å². The van der Waals surface area contributed by atoms with Gasteiger partial charge in [-0.25, -0.2) is 0 Å². The zero-order valence-corrected chi connectivity index (χ0v) is 36.0. The zero-order chi connectivity index (χ0) is 39.1. The van der Waals surface area contributed by atoms with E-state index in [9.17, 15) is 0 Å². The predicted octanol–water partition coefficient (Wildman–Crippen LogP) is 15.1. The second-order valence-corrected chi connectivity index (χ2v) is 16.5. The first kappa shape index (κ1) is 38.6. The average Bonchev–Trinajstić information content (AvgIpc) is 3.76. The Bertz CT molecular complexity index is 2920. The molecule has 291 valence electrons. The Kier molecular flexibility index (Phi) is 10.8. The molecule has 0 N–H and O–H groups in total. The summed E-state index contributed by atoms with van der Waals surface area (Å²) in [6, 6.07) is 62.9. The second kappa shape index (κ2) is 16.4. The number of pyridine rings is 1. The van der Waals surface area contributed by atoms with E-state index in [4.69, 9.17) is 9.40 Å². The molecule has 0 unspecified atom stereocenters. The summed E-state index contributed by atoms with van der Waals surface area (Å²) in [4.78, 5) is 4.95. The van der Waals surface area contributed by atoms with Crippen LogP contribution in [0.5, 0.6) is 0 Å². The molecule has 0 bridgehead atoms. The summed E-state index contributed by atoms with van der Waals surface area (Å²) in [6.07, 6.45) is 9.31. The molecule has 10 rings (SSSR count). The Morgan fingerprint density at radius 2 is 1.08 bits per heavy atom. The average molecular weight is 941 g/mol. The maximum Gasteiger partial charge on any atom is 0.135 e. The molecule has 2 heterocycles. The molecular formula is C56H46IrNO-. The van der Waals surface area contributed by atoms with Crippen molar-refractivity contribution >= 4 is 21.9 Å². The first-order chi connectivity index (χ1) is 28.5. The van der Waals surface area contributed by atoms with E-state index in [1.54, 1.807) is 0 Å². The fraction of sp³-hybridized carbons (Fsp3) is 0.161. The van der Waals surface area contributed by atoms with Gasteiger partial charge in [0.05, 0.1) is 0 Å². The van der Waals surface area contributed by atoms with Crippen molar-refractivity contribution in [2.75, 3.05) is 0 Å². The van der Waals surface area contributed by atoms with Crippen LogP contribution in [0.2, 0.25) is 0 Å². The van der Waals surface area contributed by atoms with Gasteiger partial charge in [0.15, 0.2) is 0 Å². The van der Waals surface area contributed by atoms with Crippen molar-refractivity contribution in [2.45, 2.75) is 57.8 Å². The molecule has 0 spiro atoms. The van der Waals surface area contributed by atoms with Crippen molar-refractivity contribution in [3.8, 4) is 55.8 Å². The minimum atomic E-state index is -0.0596. The molecule has 3 heteroatoms. The van der Waals surface area contributed by atoms with Gasteiger partial charge in [0.2, 0.25) is 0 Å². The van der Waals surface area contributed by atoms with Crippen LogP contribution in [-0.2, 0) is 38.4 Å². The van der Waals surface area contributed by atoms with Gasteiger partial charge < -0.3 is 9.40 Å². The van der Waals surface area contributed by atoms with Gasteiger partial charge in [0, 0.05) is 37.1 Å². The molecule has 1 aliphatic rings. The number of hydrogen-bond donors (Lipinski definition) is 0. The van der Waals surface area contributed by atoms with E-state index in [-0.39, 0.29) is 25.5 Å². The third-order valence-corrected chi connectivity index (χ3v) is 12.3. The van der Waals surface area contributed by atoms with Gasteiger partial charge in [0.1, 0.15) is 11.2 Å². The molecule has 2 aromatic heterocycles. The first-order valence-corrected chi connectivity index (χ1v) is 20.8. The Balaban J connectivity index is 0.00000449. The fourth-order valence-corrected chi connectivity index (χ4v) is 9.09. The standard InChI is InChI=1S/C56H46NO.Ir/c1-56(2)51-23-11-10-22-47(51)48-28-24-45(36-52(48)56)53-29-25-46(37-57-53)44-27-31-55-50(35-44)49-34-43(26-30-54(49)58-55)42-21-13-20-41(33-42)40-19-12-18-39(32-40)17-7-4-3-6-14-38-15-8-5-9-16-38;/h5,8-13,15-16,18-23,25-37H,3-4,6-7,14,17H2,1-2H3;/q-1;. The molecule has 2 nitrogen and oxygen atoms in total. The van der Waals surface area contributed by atoms with E-state index in [2.05, 4.69) is 184 Å². The van der Waals surface area contributed by atoms with Crippen LogP contribution in [0.1, 0.15) is 61.8 Å². The van der Waals surface area contributed by atoms with Crippen molar-refractivity contribution in [1.29, 1.82) is 0 Å². The van der Waals surface area contributed by atoms with Gasteiger partial charge in [-0.1, -0.05) is 159 Å². The van der Waals surface area contributed by atoms with Crippen LogP contribution < -0.4 is 0 Å². The summed E-state index contributed by atoms with van der Waals surface area (Å²) >= 11 is 0. The Hall–Kier alpha value is -5.86. The monoisotopic (exact) mass is 941 g/mol. The number of nitrogens with zero attached hydrogens (tertiary/aromatic N) is 1. The van der Waals surface area contributed by atoms with Crippen molar-refractivity contribution in [2.24, 2.45) is 0 Å². The molecule has 0 atom stereocenters. The minimum Gasteiger partial charge on any atom is -0.456 e. The van der Waals surface area contributed by atoms with E-state index < -0.39 is 0 Å². The number of aryl methyl sites for hydroxylation is 2. The molecule has 1 radical (unpaired) electrons. The van der Waals surface area contributed by atoms with Crippen molar-refractivity contribution in [3.63, 3.8) is 0 Å². The summed E-state index contributed by atoms with van der Waals surface area (Å²) in [7, 11) is 0. The largest absolute Gasteiger partial charge is 0.456 e. The molecule has 0 saturated carbocycles. The maximum atomic E-state index is 6.35. The summed E-state index contributed by atoms with van der Waals surface area (Å²) < 4.78 is 6.35. The molecule has 0 amide bonds. The molecule has 0 fully saturated rings. The predicted molar refractivity (Wildman–Crippen MR) is 242 cm³/mol. The number of fused-ring (bicyclic) bond motifs is 6. The number of aromatic nitrogens is 1. The van der Waals surface area contributed by atoms with Gasteiger partial charge in [-0.15, -0.1) is 29.3 Å². The number of furan rings is 1. The minimum absolute atomic E-state index is 0. The van der Waals surface area contributed by atoms with Gasteiger partial charge in [0.25, 0.3) is 0 Å². The fourth-order valence-electron chi connectivity index (χ4n) is 9.09. The SMILES string of the molecule is CC1(C)c2ccccc2-c2c[c-]c(-c3ccc(-c4ccc5oc6ccc(-c7cccc(-c8cccc(CCCCCCc9ccccc9)c8)c7)cc6c5c4)cn3)cc21.[Ir]. The van der Waals surface area contributed by atoms with Crippen molar-refractivity contribution in [3.05, 3.63) is 198 Å². The summed E-state index contributed by atoms with van der Waals surface area (Å²) in [5.41, 5.74) is 18.9. The molecular weight excluding hydrogens is 895 g/mol. The summed E-state index contributed by atoms with van der Waals surface area (Å²) in [5.74, 6) is 0. The third-order valence-electron chi connectivity index (χ3n) is 12.3. The number of unbranched alkanes of at least 4 members (excludes halogenated alkanes) is 3. The second-order valence-electron chi connectivity index (χ2n) is 16.5. The van der Waals surface area contributed by atoms with Gasteiger partial charge in [-0.3, -0.25) is 0 Å². The van der Waals surface area contributed by atoms with Gasteiger partial charge in [-0.2, -0.15) is 0 Å². The number of hydrogen-bond acceptors (Lipinski definition) is 2. The van der Waals surface area contributed by atoms with Crippen molar-refractivity contribution in [1.82, 2.24) is 4.98 Å². The quantitative estimate of drug-likeness (QED) is 0.0954. The van der Waals surface area contributed by atoms with E-state index in [0.717, 1.165) is 50.7 Å². The van der Waals surface area contributed by atoms with Crippen LogP contribution >= 0.6 is 0 Å². The van der Waals surface area contributed by atoms with E-state index in [0.29, 0.717) is 0 Å². The summed E-state index contributed by atoms with van der Waals surface area (Å²) in [6.45, 7) is 4.62. The summed E-state index contributed by atoms with van der Waals surface area (Å²) in [5, 5.41) is 2.22. The van der Waals surface area contributed by atoms with E-state index >= 15 is 0 Å².